The number of hydrogen-bond donors (Lipinski definition) is 3. The lowest BCUT2D eigenvalue weighted by atomic mass is 10.2. The van der Waals surface area contributed by atoms with Gasteiger partial charge in [-0.2, -0.15) is 0 Å². The molecule has 5 nitrogen and oxygen atoms in total. The van der Waals surface area contributed by atoms with Gasteiger partial charge >= 0.3 is 11.9 Å². The van der Waals surface area contributed by atoms with Crippen LogP contribution in [0.5, 0.6) is 0 Å². The van der Waals surface area contributed by atoms with E-state index in [0.717, 1.165) is 0 Å². The van der Waals surface area contributed by atoms with Crippen LogP contribution in [0.2, 0.25) is 0 Å². The Kier molecular flexibility index (Phi) is 8.99. The minimum absolute atomic E-state index is 0.306. The highest BCUT2D eigenvalue weighted by Crippen LogP contribution is 1.83. The van der Waals surface area contributed by atoms with Gasteiger partial charge in [-0.05, 0) is 5.92 Å². The smallest absolute Gasteiger partial charge is 0.314 e. The molecular formula is C7H14O5. The third kappa shape index (κ3) is 23.1. The third-order valence-corrected chi connectivity index (χ3v) is 0.668. The number of aliphatic carboxylic acids is 2. The highest BCUT2D eigenvalue weighted by Gasteiger charge is 2.01. The molecule has 0 saturated carbocycles. The molecule has 5 heteroatoms. The van der Waals surface area contributed by atoms with Gasteiger partial charge in [0.2, 0.25) is 0 Å². The predicted molar refractivity (Wildman–Crippen MR) is 41.8 cm³/mol. The zero-order chi connectivity index (χ0) is 10.1. The second-order valence-electron chi connectivity index (χ2n) is 2.54. The summed E-state index contributed by atoms with van der Waals surface area (Å²) < 4.78 is 0. The topological polar surface area (TPSA) is 94.8 Å². The molecule has 0 spiro atoms. The summed E-state index contributed by atoms with van der Waals surface area (Å²) in [6.07, 6.45) is -0.806. The fourth-order valence-electron chi connectivity index (χ4n) is 0.129. The van der Waals surface area contributed by atoms with E-state index < -0.39 is 18.4 Å². The quantitative estimate of drug-likeness (QED) is 0.536. The molecule has 0 aliphatic carbocycles. The summed E-state index contributed by atoms with van der Waals surface area (Å²) in [4.78, 5) is 18.9. The van der Waals surface area contributed by atoms with Crippen molar-refractivity contribution in [3.05, 3.63) is 0 Å². The fraction of sp³-hybridized carbons (Fsp3) is 0.714. The maximum atomic E-state index is 9.43. The first-order valence-corrected chi connectivity index (χ1v) is 3.44. The minimum atomic E-state index is -1.31. The van der Waals surface area contributed by atoms with Gasteiger partial charge < -0.3 is 15.3 Å². The average molecular weight is 178 g/mol. The number of aliphatic hydroxyl groups is 1. The second-order valence-corrected chi connectivity index (χ2v) is 2.54. The van der Waals surface area contributed by atoms with E-state index in [1.54, 1.807) is 0 Å². The monoisotopic (exact) mass is 178 g/mol. The highest BCUT2D eigenvalue weighted by atomic mass is 16.4. The number of hydrogen-bond acceptors (Lipinski definition) is 3. The summed E-state index contributed by atoms with van der Waals surface area (Å²) in [6, 6.07) is 0. The van der Waals surface area contributed by atoms with Crippen molar-refractivity contribution in [3.8, 4) is 0 Å². The summed E-state index contributed by atoms with van der Waals surface area (Å²) in [5.74, 6) is -2.19. The first-order chi connectivity index (χ1) is 5.40. The van der Waals surface area contributed by atoms with Crippen molar-refractivity contribution >= 4 is 11.9 Å². The number of carbonyl (C=O) groups is 2. The standard InChI is InChI=1S/C4H10O.C3H4O4/c1-4(2)3-5;4-2(5)1-3(6)7/h4-5H,3H2,1-2H3;1H2,(H,4,5)(H,6,7). The van der Waals surface area contributed by atoms with Crippen LogP contribution in [0.25, 0.3) is 0 Å². The molecule has 12 heavy (non-hydrogen) atoms. The molecule has 0 aliphatic heterocycles. The van der Waals surface area contributed by atoms with Gasteiger partial charge in [0.25, 0.3) is 0 Å². The Morgan fingerprint density at radius 3 is 1.42 bits per heavy atom. The van der Waals surface area contributed by atoms with Crippen molar-refractivity contribution in [3.63, 3.8) is 0 Å². The summed E-state index contributed by atoms with van der Waals surface area (Å²) in [5.41, 5.74) is 0. The van der Waals surface area contributed by atoms with Crippen LogP contribution in [0, 0.1) is 5.92 Å². The molecule has 0 rings (SSSR count). The molecule has 0 amide bonds. The van der Waals surface area contributed by atoms with Gasteiger partial charge in [0.05, 0.1) is 0 Å². The SMILES string of the molecule is CC(C)CO.O=C(O)CC(=O)O. The van der Waals surface area contributed by atoms with Gasteiger partial charge in [-0.3, -0.25) is 9.59 Å². The highest BCUT2D eigenvalue weighted by molar-refractivity contribution is 5.88. The molecule has 0 bridgehead atoms. The van der Waals surface area contributed by atoms with Crippen LogP contribution < -0.4 is 0 Å². The molecule has 0 aromatic rings. The van der Waals surface area contributed by atoms with Crippen molar-refractivity contribution in [1.29, 1.82) is 0 Å². The van der Waals surface area contributed by atoms with E-state index in [2.05, 4.69) is 0 Å². The molecule has 0 aliphatic rings. The molecule has 72 valence electrons. The second kappa shape index (κ2) is 8.00. The van der Waals surface area contributed by atoms with Crippen LogP contribution in [0.4, 0.5) is 0 Å². The van der Waals surface area contributed by atoms with Gasteiger partial charge in [0.1, 0.15) is 6.42 Å². The van der Waals surface area contributed by atoms with Crippen LogP contribution in [0.3, 0.4) is 0 Å². The van der Waals surface area contributed by atoms with E-state index in [4.69, 9.17) is 15.3 Å². The number of rotatable bonds is 3. The van der Waals surface area contributed by atoms with E-state index >= 15 is 0 Å². The first-order valence-electron chi connectivity index (χ1n) is 3.44. The molecule has 0 atom stereocenters. The normalized spacial score (nSPS) is 8.67. The van der Waals surface area contributed by atoms with E-state index in [-0.39, 0.29) is 0 Å². The Morgan fingerprint density at radius 2 is 1.42 bits per heavy atom. The Hall–Kier alpha value is -1.10. The number of carboxylic acids is 2. The third-order valence-electron chi connectivity index (χ3n) is 0.668. The zero-order valence-corrected chi connectivity index (χ0v) is 7.15. The van der Waals surface area contributed by atoms with Crippen molar-refractivity contribution in [1.82, 2.24) is 0 Å². The van der Waals surface area contributed by atoms with Crippen molar-refractivity contribution in [2.24, 2.45) is 5.92 Å². The van der Waals surface area contributed by atoms with E-state index in [1.807, 2.05) is 13.8 Å². The Labute approximate surface area is 70.6 Å². The van der Waals surface area contributed by atoms with E-state index in [0.29, 0.717) is 12.5 Å². The molecule has 3 N–H and O–H groups in total. The van der Waals surface area contributed by atoms with Crippen molar-refractivity contribution < 1.29 is 24.9 Å². The summed E-state index contributed by atoms with van der Waals surface area (Å²) in [5, 5.41) is 23.5. The lowest BCUT2D eigenvalue weighted by Gasteiger charge is -1.90. The van der Waals surface area contributed by atoms with E-state index in [1.165, 1.54) is 0 Å². The average Bonchev–Trinajstić information content (AvgIpc) is 1.85. The van der Waals surface area contributed by atoms with Crippen LogP contribution in [0.1, 0.15) is 20.3 Å². The molecular weight excluding hydrogens is 164 g/mol. The molecule has 0 fully saturated rings. The maximum absolute atomic E-state index is 9.43. The largest absolute Gasteiger partial charge is 0.481 e. The summed E-state index contributed by atoms with van der Waals surface area (Å²) in [6.45, 7) is 4.25. The minimum Gasteiger partial charge on any atom is -0.481 e. The van der Waals surface area contributed by atoms with Crippen LogP contribution in [0.15, 0.2) is 0 Å². The predicted octanol–water partition coefficient (Wildman–Crippen LogP) is 0.180. The summed E-state index contributed by atoms with van der Waals surface area (Å²) in [7, 11) is 0. The Balaban J connectivity index is 0. The lowest BCUT2D eigenvalue weighted by molar-refractivity contribution is -0.147. The van der Waals surface area contributed by atoms with Gasteiger partial charge in [0.15, 0.2) is 0 Å². The first kappa shape index (κ1) is 13.5. The van der Waals surface area contributed by atoms with E-state index in [9.17, 15) is 9.59 Å². The van der Waals surface area contributed by atoms with Gasteiger partial charge in [-0.1, -0.05) is 13.8 Å². The molecule has 0 unspecified atom stereocenters. The molecule has 0 heterocycles. The van der Waals surface area contributed by atoms with Crippen LogP contribution in [-0.2, 0) is 9.59 Å². The van der Waals surface area contributed by atoms with Crippen LogP contribution >= 0.6 is 0 Å². The molecule has 0 aromatic carbocycles. The fourth-order valence-corrected chi connectivity index (χ4v) is 0.129. The summed E-state index contributed by atoms with van der Waals surface area (Å²) >= 11 is 0. The van der Waals surface area contributed by atoms with Gasteiger partial charge in [0, 0.05) is 6.61 Å². The Bertz CT molecular complexity index is 129. The maximum Gasteiger partial charge on any atom is 0.314 e. The molecule has 0 saturated heterocycles. The number of aliphatic hydroxyl groups excluding tert-OH is 1. The van der Waals surface area contributed by atoms with Crippen LogP contribution in [-0.4, -0.2) is 33.9 Å². The Morgan fingerprint density at radius 1 is 1.17 bits per heavy atom. The number of carboxylic acid groups (broad SMARTS) is 2. The molecule has 0 radical (unpaired) electrons. The van der Waals surface area contributed by atoms with Gasteiger partial charge in [-0.15, -0.1) is 0 Å². The lowest BCUT2D eigenvalue weighted by Crippen LogP contribution is -2.03. The molecule has 0 aromatic heterocycles. The zero-order valence-electron chi connectivity index (χ0n) is 7.15. The van der Waals surface area contributed by atoms with Crippen molar-refractivity contribution in [2.75, 3.05) is 6.61 Å². The van der Waals surface area contributed by atoms with Gasteiger partial charge in [-0.25, -0.2) is 0 Å². The van der Waals surface area contributed by atoms with Crippen molar-refractivity contribution in [2.45, 2.75) is 20.3 Å².